The fraction of sp³-hybridized carbons (Fsp3) is 0.533. The summed E-state index contributed by atoms with van der Waals surface area (Å²) in [4.78, 5) is 14.4. The molecule has 0 unspecified atom stereocenters. The Balaban J connectivity index is 2.12. The van der Waals surface area contributed by atoms with Crippen molar-refractivity contribution >= 4 is 11.6 Å². The van der Waals surface area contributed by atoms with Crippen molar-refractivity contribution in [2.24, 2.45) is 0 Å². The highest BCUT2D eigenvalue weighted by molar-refractivity contribution is 5.94. The van der Waals surface area contributed by atoms with Crippen LogP contribution in [0, 0.1) is 0 Å². The van der Waals surface area contributed by atoms with Gasteiger partial charge in [-0.15, -0.1) is 0 Å². The van der Waals surface area contributed by atoms with Gasteiger partial charge in [-0.2, -0.15) is 0 Å². The lowest BCUT2D eigenvalue weighted by molar-refractivity contribution is 0.0638. The number of nitrogens with zero attached hydrogens (tertiary/aromatic N) is 1. The molecule has 1 aliphatic rings. The smallest absolute Gasteiger partial charge is 0.254 e. The highest BCUT2D eigenvalue weighted by Crippen LogP contribution is 2.25. The van der Waals surface area contributed by atoms with Crippen LogP contribution in [0.25, 0.3) is 0 Å². The second-order valence-corrected chi connectivity index (χ2v) is 4.99. The van der Waals surface area contributed by atoms with Crippen LogP contribution in [0.1, 0.15) is 36.0 Å². The van der Waals surface area contributed by atoms with E-state index < -0.39 is 0 Å². The topological polar surface area (TPSA) is 52.6 Å². The van der Waals surface area contributed by atoms with Gasteiger partial charge in [-0.1, -0.05) is 12.8 Å². The molecule has 0 spiro atoms. The second-order valence-electron chi connectivity index (χ2n) is 4.99. The SMILES string of the molecule is CNc1ccc(C(=O)N(CCO)C2CCCC2)cc1. The Kier molecular flexibility index (Phi) is 4.80. The molecule has 1 aromatic rings. The maximum absolute atomic E-state index is 12.5. The summed E-state index contributed by atoms with van der Waals surface area (Å²) in [6.45, 7) is 0.452. The third kappa shape index (κ3) is 3.26. The van der Waals surface area contributed by atoms with Gasteiger partial charge < -0.3 is 15.3 Å². The zero-order valence-electron chi connectivity index (χ0n) is 11.4. The van der Waals surface area contributed by atoms with Crippen LogP contribution in [0.5, 0.6) is 0 Å². The predicted molar refractivity (Wildman–Crippen MR) is 76.4 cm³/mol. The van der Waals surface area contributed by atoms with Crippen molar-refractivity contribution in [2.45, 2.75) is 31.7 Å². The van der Waals surface area contributed by atoms with Crippen LogP contribution in [0.2, 0.25) is 0 Å². The normalized spacial score (nSPS) is 15.5. The van der Waals surface area contributed by atoms with Crippen LogP contribution in [0.4, 0.5) is 5.69 Å². The summed E-state index contributed by atoms with van der Waals surface area (Å²) < 4.78 is 0. The number of aliphatic hydroxyl groups excluding tert-OH is 1. The van der Waals surface area contributed by atoms with E-state index in [9.17, 15) is 9.90 Å². The molecule has 0 radical (unpaired) electrons. The fourth-order valence-corrected chi connectivity index (χ4v) is 2.72. The molecule has 1 aliphatic carbocycles. The maximum Gasteiger partial charge on any atom is 0.254 e. The van der Waals surface area contributed by atoms with Crippen molar-refractivity contribution in [3.05, 3.63) is 29.8 Å². The summed E-state index contributed by atoms with van der Waals surface area (Å²) >= 11 is 0. The van der Waals surface area contributed by atoms with Gasteiger partial charge in [0.2, 0.25) is 0 Å². The molecule has 1 amide bonds. The number of amides is 1. The minimum absolute atomic E-state index is 0.0246. The van der Waals surface area contributed by atoms with E-state index >= 15 is 0 Å². The Labute approximate surface area is 114 Å². The van der Waals surface area contributed by atoms with Crippen molar-refractivity contribution in [3.8, 4) is 0 Å². The summed E-state index contributed by atoms with van der Waals surface area (Å²) in [5, 5.41) is 12.2. The average molecular weight is 262 g/mol. The molecule has 104 valence electrons. The summed E-state index contributed by atoms with van der Waals surface area (Å²) in [5.74, 6) is 0.0311. The second kappa shape index (κ2) is 6.57. The summed E-state index contributed by atoms with van der Waals surface area (Å²) in [6, 6.07) is 7.78. The Bertz CT molecular complexity index is 411. The van der Waals surface area contributed by atoms with E-state index in [-0.39, 0.29) is 12.5 Å². The predicted octanol–water partition coefficient (Wildman–Crippen LogP) is 2.11. The van der Waals surface area contributed by atoms with Gasteiger partial charge in [0.25, 0.3) is 5.91 Å². The van der Waals surface area contributed by atoms with Crippen LogP contribution < -0.4 is 5.32 Å². The first-order valence-corrected chi connectivity index (χ1v) is 6.96. The number of aliphatic hydroxyl groups is 1. The number of hydrogen-bond acceptors (Lipinski definition) is 3. The number of rotatable bonds is 5. The highest BCUT2D eigenvalue weighted by atomic mass is 16.3. The standard InChI is InChI=1S/C15H22N2O2/c1-16-13-8-6-12(7-9-13)15(19)17(10-11-18)14-4-2-3-5-14/h6-9,14,16,18H,2-5,10-11H2,1H3. The first-order valence-electron chi connectivity index (χ1n) is 6.96. The van der Waals surface area contributed by atoms with Crippen LogP contribution >= 0.6 is 0 Å². The number of hydrogen-bond donors (Lipinski definition) is 2. The molecule has 0 aliphatic heterocycles. The molecule has 0 heterocycles. The fourth-order valence-electron chi connectivity index (χ4n) is 2.72. The Morgan fingerprint density at radius 3 is 2.47 bits per heavy atom. The zero-order valence-corrected chi connectivity index (χ0v) is 11.4. The number of benzene rings is 1. The van der Waals surface area contributed by atoms with E-state index in [0.29, 0.717) is 18.2 Å². The van der Waals surface area contributed by atoms with Gasteiger partial charge in [-0.25, -0.2) is 0 Å². The lowest BCUT2D eigenvalue weighted by Crippen LogP contribution is -2.40. The molecule has 2 N–H and O–H groups in total. The first-order chi connectivity index (χ1) is 9.26. The molecule has 2 rings (SSSR count). The zero-order chi connectivity index (χ0) is 13.7. The number of carbonyl (C=O) groups is 1. The molecule has 1 fully saturated rings. The maximum atomic E-state index is 12.5. The third-order valence-electron chi connectivity index (χ3n) is 3.79. The molecule has 0 bridgehead atoms. The molecule has 0 saturated heterocycles. The van der Waals surface area contributed by atoms with Gasteiger partial charge in [0.15, 0.2) is 0 Å². The number of carbonyl (C=O) groups excluding carboxylic acids is 1. The largest absolute Gasteiger partial charge is 0.395 e. The molecule has 1 aromatic carbocycles. The molecule has 4 heteroatoms. The first kappa shape index (κ1) is 13.9. The monoisotopic (exact) mass is 262 g/mol. The van der Waals surface area contributed by atoms with E-state index in [1.54, 1.807) is 0 Å². The van der Waals surface area contributed by atoms with Crippen molar-refractivity contribution in [1.29, 1.82) is 0 Å². The van der Waals surface area contributed by atoms with E-state index in [4.69, 9.17) is 0 Å². The van der Waals surface area contributed by atoms with Crippen molar-refractivity contribution in [2.75, 3.05) is 25.5 Å². The van der Waals surface area contributed by atoms with Crippen LogP contribution in [0.3, 0.4) is 0 Å². The summed E-state index contributed by atoms with van der Waals surface area (Å²) in [6.07, 6.45) is 4.47. The summed E-state index contributed by atoms with van der Waals surface area (Å²) in [5.41, 5.74) is 1.69. The average Bonchev–Trinajstić information content (AvgIpc) is 2.98. The molecular formula is C15H22N2O2. The van der Waals surface area contributed by atoms with Gasteiger partial charge in [0, 0.05) is 30.9 Å². The van der Waals surface area contributed by atoms with Gasteiger partial charge in [-0.05, 0) is 37.1 Å². The molecular weight excluding hydrogens is 240 g/mol. The molecule has 19 heavy (non-hydrogen) atoms. The molecule has 0 aromatic heterocycles. The van der Waals surface area contributed by atoms with E-state index in [1.807, 2.05) is 36.2 Å². The number of anilines is 1. The Morgan fingerprint density at radius 2 is 1.95 bits per heavy atom. The van der Waals surface area contributed by atoms with Gasteiger partial charge in [0.1, 0.15) is 0 Å². The molecule has 0 atom stereocenters. The quantitative estimate of drug-likeness (QED) is 0.854. The molecule has 1 saturated carbocycles. The van der Waals surface area contributed by atoms with E-state index in [2.05, 4.69) is 5.32 Å². The Morgan fingerprint density at radius 1 is 1.32 bits per heavy atom. The lowest BCUT2D eigenvalue weighted by atomic mass is 10.1. The minimum Gasteiger partial charge on any atom is -0.395 e. The highest BCUT2D eigenvalue weighted by Gasteiger charge is 2.26. The number of nitrogens with one attached hydrogen (secondary N) is 1. The summed E-state index contributed by atoms with van der Waals surface area (Å²) in [7, 11) is 1.85. The van der Waals surface area contributed by atoms with Gasteiger partial charge in [0.05, 0.1) is 6.61 Å². The van der Waals surface area contributed by atoms with E-state index in [0.717, 1.165) is 18.5 Å². The van der Waals surface area contributed by atoms with Crippen molar-refractivity contribution in [3.63, 3.8) is 0 Å². The van der Waals surface area contributed by atoms with Crippen LogP contribution in [-0.2, 0) is 0 Å². The van der Waals surface area contributed by atoms with Gasteiger partial charge >= 0.3 is 0 Å². The molecule has 4 nitrogen and oxygen atoms in total. The van der Waals surface area contributed by atoms with Crippen molar-refractivity contribution in [1.82, 2.24) is 4.90 Å². The Hall–Kier alpha value is -1.55. The minimum atomic E-state index is 0.0246. The van der Waals surface area contributed by atoms with E-state index in [1.165, 1.54) is 12.8 Å². The lowest BCUT2D eigenvalue weighted by Gasteiger charge is -2.28. The van der Waals surface area contributed by atoms with Crippen LogP contribution in [-0.4, -0.2) is 42.2 Å². The van der Waals surface area contributed by atoms with Crippen molar-refractivity contribution < 1.29 is 9.90 Å². The van der Waals surface area contributed by atoms with Crippen LogP contribution in [0.15, 0.2) is 24.3 Å². The third-order valence-corrected chi connectivity index (χ3v) is 3.79. The van der Waals surface area contributed by atoms with Gasteiger partial charge in [-0.3, -0.25) is 4.79 Å².